The van der Waals surface area contributed by atoms with E-state index in [9.17, 15) is 4.79 Å². The fraction of sp³-hybridized carbons (Fsp3) is 0.200. The van der Waals surface area contributed by atoms with E-state index in [4.69, 9.17) is 11.5 Å². The summed E-state index contributed by atoms with van der Waals surface area (Å²) in [6.45, 7) is 2.24. The van der Waals surface area contributed by atoms with E-state index in [-0.39, 0.29) is 11.5 Å². The minimum Gasteiger partial charge on any atom is -0.369 e. The summed E-state index contributed by atoms with van der Waals surface area (Å²) in [4.78, 5) is 30.5. The summed E-state index contributed by atoms with van der Waals surface area (Å²) >= 11 is 1.44. The van der Waals surface area contributed by atoms with Crippen molar-refractivity contribution in [2.24, 2.45) is 5.73 Å². The number of hydrogen-bond acceptors (Lipinski definition) is 7. The van der Waals surface area contributed by atoms with E-state index in [0.29, 0.717) is 23.5 Å². The van der Waals surface area contributed by atoms with Gasteiger partial charge in [0.2, 0.25) is 5.95 Å². The van der Waals surface area contributed by atoms with E-state index >= 15 is 0 Å². The zero-order valence-electron chi connectivity index (χ0n) is 10.0. The number of fused-ring (bicyclic) bond motifs is 1. The van der Waals surface area contributed by atoms with Crippen LogP contribution in [0.5, 0.6) is 0 Å². The number of nitrogens with one attached hydrogen (secondary N) is 2. The van der Waals surface area contributed by atoms with Crippen molar-refractivity contribution >= 4 is 28.4 Å². The molecule has 0 amide bonds. The molecule has 3 heterocycles. The summed E-state index contributed by atoms with van der Waals surface area (Å²) in [5.74, 6) is 0.590. The largest absolute Gasteiger partial charge is 0.369 e. The Labute approximate surface area is 110 Å². The Balaban J connectivity index is 2.23. The summed E-state index contributed by atoms with van der Waals surface area (Å²) in [6.07, 6.45) is 0. The predicted molar refractivity (Wildman–Crippen MR) is 72.7 cm³/mol. The number of imidazole rings is 1. The van der Waals surface area contributed by atoms with Crippen molar-refractivity contribution in [3.8, 4) is 10.7 Å². The predicted octanol–water partition coefficient (Wildman–Crippen LogP) is 0.119. The first-order valence-electron chi connectivity index (χ1n) is 5.50. The van der Waals surface area contributed by atoms with E-state index < -0.39 is 0 Å². The molecule has 0 aliphatic carbocycles. The van der Waals surface area contributed by atoms with Gasteiger partial charge in [-0.25, -0.2) is 9.97 Å². The molecule has 0 fully saturated rings. The molecule has 0 unspecified atom stereocenters. The maximum absolute atomic E-state index is 11.7. The second kappa shape index (κ2) is 4.14. The Morgan fingerprint density at radius 2 is 2.05 bits per heavy atom. The molecule has 0 aliphatic rings. The van der Waals surface area contributed by atoms with Gasteiger partial charge in [0.1, 0.15) is 5.01 Å². The van der Waals surface area contributed by atoms with Gasteiger partial charge in [0.15, 0.2) is 17.0 Å². The van der Waals surface area contributed by atoms with Crippen LogP contribution < -0.4 is 17.0 Å². The van der Waals surface area contributed by atoms with Gasteiger partial charge in [0, 0.05) is 6.54 Å². The standard InChI is InChI=1S/C10H11N7OS/c1-3-6(19-4(2-11)13-3)8-14-5-7(15-8)16-10(12)17-9(5)18/h2,11H2,1H3,(H4,12,14,15,16,17,18). The number of nitrogens with zero attached hydrogens (tertiary/aromatic N) is 3. The normalized spacial score (nSPS) is 11.3. The molecule has 19 heavy (non-hydrogen) atoms. The van der Waals surface area contributed by atoms with Gasteiger partial charge >= 0.3 is 0 Å². The van der Waals surface area contributed by atoms with Crippen molar-refractivity contribution in [1.29, 1.82) is 0 Å². The van der Waals surface area contributed by atoms with Crippen LogP contribution in [0.4, 0.5) is 5.95 Å². The number of nitrogen functional groups attached to an aromatic ring is 1. The fourth-order valence-electron chi connectivity index (χ4n) is 1.79. The minimum absolute atomic E-state index is 0.0409. The van der Waals surface area contributed by atoms with E-state index in [1.807, 2.05) is 6.92 Å². The topological polar surface area (TPSA) is 139 Å². The maximum atomic E-state index is 11.7. The molecule has 9 heteroatoms. The van der Waals surface area contributed by atoms with Gasteiger partial charge in [-0.3, -0.25) is 9.78 Å². The first-order chi connectivity index (χ1) is 9.08. The monoisotopic (exact) mass is 277 g/mol. The molecule has 0 saturated carbocycles. The van der Waals surface area contributed by atoms with Crippen LogP contribution in [0.15, 0.2) is 4.79 Å². The third-order valence-corrected chi connectivity index (χ3v) is 3.80. The van der Waals surface area contributed by atoms with Gasteiger partial charge in [0.25, 0.3) is 5.56 Å². The average Bonchev–Trinajstić information content (AvgIpc) is 2.92. The molecule has 0 radical (unpaired) electrons. The van der Waals surface area contributed by atoms with Crippen molar-refractivity contribution in [3.05, 3.63) is 21.1 Å². The molecule has 0 atom stereocenters. The highest BCUT2D eigenvalue weighted by molar-refractivity contribution is 7.15. The Morgan fingerprint density at radius 3 is 2.74 bits per heavy atom. The molecule has 0 spiro atoms. The zero-order chi connectivity index (χ0) is 13.6. The number of aromatic nitrogens is 5. The average molecular weight is 277 g/mol. The summed E-state index contributed by atoms with van der Waals surface area (Å²) in [5, 5.41) is 0.814. The lowest BCUT2D eigenvalue weighted by Crippen LogP contribution is -2.10. The first-order valence-corrected chi connectivity index (χ1v) is 6.32. The molecule has 3 aromatic heterocycles. The van der Waals surface area contributed by atoms with Crippen LogP contribution in [0.3, 0.4) is 0 Å². The van der Waals surface area contributed by atoms with Gasteiger partial charge in [-0.05, 0) is 6.92 Å². The van der Waals surface area contributed by atoms with Crippen LogP contribution >= 0.6 is 11.3 Å². The number of nitrogens with two attached hydrogens (primary N) is 2. The van der Waals surface area contributed by atoms with Crippen molar-refractivity contribution in [2.45, 2.75) is 13.5 Å². The summed E-state index contributed by atoms with van der Waals surface area (Å²) in [7, 11) is 0. The number of H-pyrrole nitrogens is 2. The first kappa shape index (κ1) is 11.8. The highest BCUT2D eigenvalue weighted by Crippen LogP contribution is 2.28. The zero-order valence-corrected chi connectivity index (χ0v) is 10.8. The number of rotatable bonds is 2. The Hall–Kier alpha value is -2.26. The molecule has 0 saturated heterocycles. The van der Waals surface area contributed by atoms with Crippen LogP contribution in [0, 0.1) is 6.92 Å². The SMILES string of the molecule is Cc1nc(CN)sc1-c1nc2nc(N)[nH]c(=O)c2[nH]1. The Morgan fingerprint density at radius 1 is 1.26 bits per heavy atom. The fourth-order valence-corrected chi connectivity index (χ4v) is 2.68. The van der Waals surface area contributed by atoms with E-state index in [1.54, 1.807) is 0 Å². The molecule has 0 aromatic carbocycles. The smallest absolute Gasteiger partial charge is 0.278 e. The Kier molecular flexibility index (Phi) is 2.57. The number of hydrogen-bond donors (Lipinski definition) is 4. The molecule has 98 valence electrons. The lowest BCUT2D eigenvalue weighted by atomic mass is 10.4. The third kappa shape index (κ3) is 1.88. The molecular weight excluding hydrogens is 266 g/mol. The van der Waals surface area contributed by atoms with E-state index in [2.05, 4.69) is 24.9 Å². The van der Waals surface area contributed by atoms with Gasteiger partial charge < -0.3 is 16.5 Å². The van der Waals surface area contributed by atoms with Crippen molar-refractivity contribution in [1.82, 2.24) is 24.9 Å². The molecule has 8 nitrogen and oxygen atoms in total. The quantitative estimate of drug-likeness (QED) is 0.524. The van der Waals surface area contributed by atoms with E-state index in [0.717, 1.165) is 15.6 Å². The van der Waals surface area contributed by atoms with Crippen LogP contribution in [0.25, 0.3) is 21.9 Å². The van der Waals surface area contributed by atoms with Crippen LogP contribution in [-0.2, 0) is 6.54 Å². The lowest BCUT2D eigenvalue weighted by molar-refractivity contribution is 1.02. The van der Waals surface area contributed by atoms with E-state index in [1.165, 1.54) is 11.3 Å². The van der Waals surface area contributed by atoms with Crippen LogP contribution in [0.2, 0.25) is 0 Å². The van der Waals surface area contributed by atoms with Crippen LogP contribution in [0.1, 0.15) is 10.7 Å². The maximum Gasteiger partial charge on any atom is 0.278 e. The number of aryl methyl sites for hydroxylation is 1. The number of aromatic amines is 2. The molecule has 3 aromatic rings. The van der Waals surface area contributed by atoms with Crippen molar-refractivity contribution in [3.63, 3.8) is 0 Å². The minimum atomic E-state index is -0.345. The van der Waals surface area contributed by atoms with Crippen molar-refractivity contribution < 1.29 is 0 Å². The lowest BCUT2D eigenvalue weighted by Gasteiger charge is -1.89. The third-order valence-electron chi connectivity index (χ3n) is 2.61. The van der Waals surface area contributed by atoms with Gasteiger partial charge in [-0.1, -0.05) is 0 Å². The summed E-state index contributed by atoms with van der Waals surface area (Å²) < 4.78 is 0. The molecule has 0 aliphatic heterocycles. The Bertz CT molecular complexity index is 815. The van der Waals surface area contributed by atoms with Crippen molar-refractivity contribution in [2.75, 3.05) is 5.73 Å². The second-order valence-corrected chi connectivity index (χ2v) is 5.05. The summed E-state index contributed by atoms with van der Waals surface area (Å²) in [6, 6.07) is 0. The molecule has 3 rings (SSSR count). The van der Waals surface area contributed by atoms with Gasteiger partial charge in [-0.15, -0.1) is 11.3 Å². The van der Waals surface area contributed by atoms with Gasteiger partial charge in [0.05, 0.1) is 10.6 Å². The highest BCUT2D eigenvalue weighted by atomic mass is 32.1. The van der Waals surface area contributed by atoms with Crippen LogP contribution in [-0.4, -0.2) is 24.9 Å². The van der Waals surface area contributed by atoms with Gasteiger partial charge in [-0.2, -0.15) is 4.98 Å². The number of thiazole rings is 1. The highest BCUT2D eigenvalue weighted by Gasteiger charge is 2.15. The second-order valence-electron chi connectivity index (χ2n) is 3.96. The molecule has 6 N–H and O–H groups in total. The molecule has 0 bridgehead atoms. The number of anilines is 1. The summed E-state index contributed by atoms with van der Waals surface area (Å²) in [5.41, 5.74) is 12.1. The molecular formula is C10H11N7OS.